The number of aryl methyl sites for hydroxylation is 2. The van der Waals surface area contributed by atoms with Crippen LogP contribution in [0.4, 0.5) is 5.69 Å². The SMILES string of the molecule is Cc1cc(C(=O)OCC(=O)N2CC[C@H](C)Sc3ccccc32)c(C)s1. The molecule has 2 heterocycles. The van der Waals surface area contributed by atoms with E-state index in [-0.39, 0.29) is 12.5 Å². The molecule has 132 valence electrons. The number of carbonyl (C=O) groups is 2. The Kier molecular flexibility index (Phi) is 5.49. The quantitative estimate of drug-likeness (QED) is 0.744. The van der Waals surface area contributed by atoms with Gasteiger partial charge in [0.25, 0.3) is 5.91 Å². The molecule has 25 heavy (non-hydrogen) atoms. The minimum Gasteiger partial charge on any atom is -0.452 e. The summed E-state index contributed by atoms with van der Waals surface area (Å²) < 4.78 is 5.29. The van der Waals surface area contributed by atoms with Gasteiger partial charge in [-0.3, -0.25) is 4.79 Å². The van der Waals surface area contributed by atoms with Gasteiger partial charge in [-0.05, 0) is 38.5 Å². The monoisotopic (exact) mass is 375 g/mol. The molecule has 0 bridgehead atoms. The van der Waals surface area contributed by atoms with Crippen LogP contribution in [-0.4, -0.2) is 30.3 Å². The van der Waals surface area contributed by atoms with E-state index in [1.54, 1.807) is 28.0 Å². The Labute approximate surface area is 156 Å². The number of hydrogen-bond donors (Lipinski definition) is 0. The Balaban J connectivity index is 1.71. The molecule has 1 amide bonds. The van der Waals surface area contributed by atoms with E-state index in [2.05, 4.69) is 6.92 Å². The van der Waals surface area contributed by atoms with E-state index < -0.39 is 5.97 Å². The van der Waals surface area contributed by atoms with Gasteiger partial charge in [0.15, 0.2) is 6.61 Å². The molecule has 0 fully saturated rings. The van der Waals surface area contributed by atoms with Gasteiger partial charge < -0.3 is 9.64 Å². The number of hydrogen-bond acceptors (Lipinski definition) is 5. The average molecular weight is 376 g/mol. The third kappa shape index (κ3) is 4.07. The molecule has 1 atom stereocenters. The van der Waals surface area contributed by atoms with Crippen molar-refractivity contribution < 1.29 is 14.3 Å². The van der Waals surface area contributed by atoms with Crippen molar-refractivity contribution >= 4 is 40.7 Å². The molecular weight excluding hydrogens is 354 g/mol. The van der Waals surface area contributed by atoms with E-state index in [1.165, 1.54) is 0 Å². The van der Waals surface area contributed by atoms with Gasteiger partial charge in [0.05, 0.1) is 11.3 Å². The predicted molar refractivity (Wildman–Crippen MR) is 103 cm³/mol. The van der Waals surface area contributed by atoms with Gasteiger partial charge >= 0.3 is 5.97 Å². The van der Waals surface area contributed by atoms with E-state index in [1.807, 2.05) is 44.2 Å². The fourth-order valence-corrected chi connectivity index (χ4v) is 4.89. The van der Waals surface area contributed by atoms with Crippen LogP contribution in [0.1, 0.15) is 33.5 Å². The Morgan fingerprint density at radius 2 is 2.04 bits per heavy atom. The molecule has 1 aromatic carbocycles. The first-order valence-corrected chi connectivity index (χ1v) is 9.95. The van der Waals surface area contributed by atoms with Gasteiger partial charge in [0.2, 0.25) is 0 Å². The molecule has 1 aliphatic heterocycles. The summed E-state index contributed by atoms with van der Waals surface area (Å²) in [5.74, 6) is -0.610. The molecule has 0 N–H and O–H groups in total. The van der Waals surface area contributed by atoms with Crippen LogP contribution in [0, 0.1) is 13.8 Å². The molecule has 0 saturated carbocycles. The first kappa shape index (κ1) is 18.0. The molecule has 2 aromatic rings. The van der Waals surface area contributed by atoms with Crippen LogP contribution in [-0.2, 0) is 9.53 Å². The zero-order valence-electron chi connectivity index (χ0n) is 14.6. The lowest BCUT2D eigenvalue weighted by atomic mass is 10.2. The minimum absolute atomic E-state index is 0.180. The maximum absolute atomic E-state index is 12.7. The van der Waals surface area contributed by atoms with Gasteiger partial charge in [-0.25, -0.2) is 4.79 Å². The van der Waals surface area contributed by atoms with Crippen LogP contribution in [0.2, 0.25) is 0 Å². The van der Waals surface area contributed by atoms with E-state index in [4.69, 9.17) is 4.74 Å². The summed E-state index contributed by atoms with van der Waals surface area (Å²) >= 11 is 3.33. The second-order valence-corrected chi connectivity index (χ2v) is 9.07. The Morgan fingerprint density at radius 3 is 2.76 bits per heavy atom. The Bertz CT molecular complexity index is 800. The predicted octanol–water partition coefficient (Wildman–Crippen LogP) is 4.44. The molecule has 0 radical (unpaired) electrons. The molecule has 1 aliphatic rings. The number of thiophene rings is 1. The van der Waals surface area contributed by atoms with E-state index in [0.29, 0.717) is 17.4 Å². The molecule has 0 spiro atoms. The number of carbonyl (C=O) groups excluding carboxylic acids is 2. The minimum atomic E-state index is -0.430. The topological polar surface area (TPSA) is 46.6 Å². The number of esters is 1. The van der Waals surface area contributed by atoms with Crippen LogP contribution in [0.3, 0.4) is 0 Å². The van der Waals surface area contributed by atoms with E-state index in [9.17, 15) is 9.59 Å². The van der Waals surface area contributed by atoms with Gasteiger partial charge in [-0.2, -0.15) is 0 Å². The smallest absolute Gasteiger partial charge is 0.339 e. The summed E-state index contributed by atoms with van der Waals surface area (Å²) in [5.41, 5.74) is 1.45. The highest BCUT2D eigenvalue weighted by molar-refractivity contribution is 8.00. The van der Waals surface area contributed by atoms with E-state index in [0.717, 1.165) is 26.8 Å². The molecule has 6 heteroatoms. The number of thioether (sulfide) groups is 1. The van der Waals surface area contributed by atoms with Gasteiger partial charge in [0.1, 0.15) is 0 Å². The first-order valence-electron chi connectivity index (χ1n) is 8.26. The maximum atomic E-state index is 12.7. The summed E-state index contributed by atoms with van der Waals surface area (Å²) in [5, 5.41) is 0.443. The van der Waals surface area contributed by atoms with Crippen molar-refractivity contribution in [3.63, 3.8) is 0 Å². The average Bonchev–Trinajstić information content (AvgIpc) is 2.82. The Morgan fingerprint density at radius 1 is 1.28 bits per heavy atom. The van der Waals surface area contributed by atoms with Crippen molar-refractivity contribution in [1.82, 2.24) is 0 Å². The van der Waals surface area contributed by atoms with Crippen molar-refractivity contribution in [3.8, 4) is 0 Å². The van der Waals surface area contributed by atoms with Crippen LogP contribution < -0.4 is 4.90 Å². The summed E-state index contributed by atoms with van der Waals surface area (Å²) in [6.07, 6.45) is 0.905. The van der Waals surface area contributed by atoms with Crippen molar-refractivity contribution in [1.29, 1.82) is 0 Å². The normalized spacial score (nSPS) is 16.9. The maximum Gasteiger partial charge on any atom is 0.339 e. The van der Waals surface area contributed by atoms with Gasteiger partial charge in [0, 0.05) is 26.4 Å². The lowest BCUT2D eigenvalue weighted by Gasteiger charge is -2.22. The summed E-state index contributed by atoms with van der Waals surface area (Å²) in [4.78, 5) is 29.7. The molecule has 1 aromatic heterocycles. The second kappa shape index (κ2) is 7.62. The fraction of sp³-hybridized carbons (Fsp3) is 0.368. The standard InChI is InChI=1S/C19H21NO3S2/c1-12-8-9-20(16-6-4-5-7-17(16)25-12)18(21)11-23-19(22)15-10-13(2)24-14(15)3/h4-7,10,12H,8-9,11H2,1-3H3/t12-/m0/s1. The van der Waals surface area contributed by atoms with Crippen molar-refractivity contribution in [2.45, 2.75) is 37.3 Å². The lowest BCUT2D eigenvalue weighted by Crippen LogP contribution is -2.35. The van der Waals surface area contributed by atoms with Gasteiger partial charge in [-0.1, -0.05) is 19.1 Å². The van der Waals surface area contributed by atoms with Crippen molar-refractivity contribution in [2.24, 2.45) is 0 Å². The molecule has 0 aliphatic carbocycles. The van der Waals surface area contributed by atoms with Crippen LogP contribution in [0.15, 0.2) is 35.2 Å². The van der Waals surface area contributed by atoms with Gasteiger partial charge in [-0.15, -0.1) is 23.1 Å². The van der Waals surface area contributed by atoms with Crippen LogP contribution in [0.5, 0.6) is 0 Å². The highest BCUT2D eigenvalue weighted by Crippen LogP contribution is 2.37. The molecule has 4 nitrogen and oxygen atoms in total. The third-order valence-electron chi connectivity index (χ3n) is 4.13. The highest BCUT2D eigenvalue weighted by Gasteiger charge is 2.25. The first-order chi connectivity index (χ1) is 12.0. The number of ether oxygens (including phenoxy) is 1. The number of benzene rings is 1. The van der Waals surface area contributed by atoms with Crippen molar-refractivity contribution in [3.05, 3.63) is 45.6 Å². The second-order valence-electron chi connectivity index (χ2n) is 6.13. The lowest BCUT2D eigenvalue weighted by molar-refractivity contribution is -0.121. The molecule has 0 saturated heterocycles. The zero-order chi connectivity index (χ0) is 18.0. The summed E-state index contributed by atoms with van der Waals surface area (Å²) in [6.45, 7) is 6.40. The number of amides is 1. The highest BCUT2D eigenvalue weighted by atomic mass is 32.2. The number of anilines is 1. The molecule has 3 rings (SSSR count). The van der Waals surface area contributed by atoms with Crippen LogP contribution >= 0.6 is 23.1 Å². The van der Waals surface area contributed by atoms with E-state index >= 15 is 0 Å². The van der Waals surface area contributed by atoms with Crippen molar-refractivity contribution in [2.75, 3.05) is 18.1 Å². The third-order valence-corrected chi connectivity index (χ3v) is 6.34. The number of fused-ring (bicyclic) bond motifs is 1. The number of rotatable bonds is 3. The summed E-state index contributed by atoms with van der Waals surface area (Å²) in [7, 11) is 0. The molecular formula is C19H21NO3S2. The summed E-state index contributed by atoms with van der Waals surface area (Å²) in [6, 6.07) is 9.71. The van der Waals surface area contributed by atoms with Crippen LogP contribution in [0.25, 0.3) is 0 Å². The molecule has 0 unspecified atom stereocenters. The number of para-hydroxylation sites is 1. The number of nitrogens with zero attached hydrogens (tertiary/aromatic N) is 1. The fourth-order valence-electron chi connectivity index (χ4n) is 2.86. The zero-order valence-corrected chi connectivity index (χ0v) is 16.2. The largest absolute Gasteiger partial charge is 0.452 e. The Hall–Kier alpha value is -1.79.